The SMILES string of the molecule is O=S(=O)(NCc1cnc[nH]1)c1c(CO)sc2ccccc12. The summed E-state index contributed by atoms with van der Waals surface area (Å²) >= 11 is 1.28. The van der Waals surface area contributed by atoms with Crippen molar-refractivity contribution in [2.75, 3.05) is 0 Å². The van der Waals surface area contributed by atoms with Crippen LogP contribution in [0.25, 0.3) is 10.1 Å². The number of aliphatic hydroxyl groups excluding tert-OH is 1. The van der Waals surface area contributed by atoms with Crippen molar-refractivity contribution >= 4 is 31.4 Å². The van der Waals surface area contributed by atoms with E-state index in [0.29, 0.717) is 16.0 Å². The molecule has 2 aromatic heterocycles. The van der Waals surface area contributed by atoms with Gasteiger partial charge in [-0.3, -0.25) is 0 Å². The molecule has 0 amide bonds. The highest BCUT2D eigenvalue weighted by molar-refractivity contribution is 7.90. The lowest BCUT2D eigenvalue weighted by atomic mass is 10.2. The summed E-state index contributed by atoms with van der Waals surface area (Å²) in [5.74, 6) is 0. The number of hydrogen-bond donors (Lipinski definition) is 3. The minimum absolute atomic E-state index is 0.122. The van der Waals surface area contributed by atoms with E-state index in [1.807, 2.05) is 12.1 Å². The maximum absolute atomic E-state index is 12.5. The number of fused-ring (bicyclic) bond motifs is 1. The number of aromatic amines is 1. The molecule has 8 heteroatoms. The van der Waals surface area contributed by atoms with Crippen LogP contribution in [0.3, 0.4) is 0 Å². The maximum atomic E-state index is 12.5. The van der Waals surface area contributed by atoms with Crippen molar-refractivity contribution in [1.82, 2.24) is 14.7 Å². The fourth-order valence-electron chi connectivity index (χ4n) is 2.10. The highest BCUT2D eigenvalue weighted by Gasteiger charge is 2.23. The van der Waals surface area contributed by atoms with Crippen molar-refractivity contribution in [2.24, 2.45) is 0 Å². The van der Waals surface area contributed by atoms with Crippen LogP contribution in [0.2, 0.25) is 0 Å². The zero-order valence-electron chi connectivity index (χ0n) is 10.9. The molecule has 0 bridgehead atoms. The van der Waals surface area contributed by atoms with Crippen molar-refractivity contribution in [3.05, 3.63) is 47.4 Å². The summed E-state index contributed by atoms with van der Waals surface area (Å²) in [6.45, 7) is -0.184. The molecule has 0 saturated heterocycles. The number of benzene rings is 1. The predicted octanol–water partition coefficient (Wildman–Crippen LogP) is 1.60. The molecule has 110 valence electrons. The number of imidazole rings is 1. The molecule has 0 radical (unpaired) electrons. The van der Waals surface area contributed by atoms with E-state index >= 15 is 0 Å². The summed E-state index contributed by atoms with van der Waals surface area (Å²) in [5, 5.41) is 10.1. The molecule has 0 spiro atoms. The number of hydrogen-bond acceptors (Lipinski definition) is 5. The minimum atomic E-state index is -3.71. The molecule has 0 saturated carbocycles. The summed E-state index contributed by atoms with van der Waals surface area (Å²) in [5.41, 5.74) is 0.670. The van der Waals surface area contributed by atoms with Crippen LogP contribution in [0.4, 0.5) is 0 Å². The Bertz CT molecular complexity index is 854. The van der Waals surface area contributed by atoms with Gasteiger partial charge in [0.15, 0.2) is 0 Å². The molecule has 21 heavy (non-hydrogen) atoms. The van der Waals surface area contributed by atoms with E-state index in [1.165, 1.54) is 17.7 Å². The molecule has 3 N–H and O–H groups in total. The predicted molar refractivity (Wildman–Crippen MR) is 80.4 cm³/mol. The number of aliphatic hydroxyl groups is 1. The molecule has 0 aliphatic rings. The Morgan fingerprint density at radius 2 is 2.14 bits per heavy atom. The van der Waals surface area contributed by atoms with Crippen LogP contribution in [-0.4, -0.2) is 23.5 Å². The number of nitrogens with zero attached hydrogens (tertiary/aromatic N) is 1. The molecule has 6 nitrogen and oxygen atoms in total. The zero-order valence-corrected chi connectivity index (χ0v) is 12.5. The fourth-order valence-corrected chi connectivity index (χ4v) is 4.90. The van der Waals surface area contributed by atoms with Gasteiger partial charge < -0.3 is 10.1 Å². The fraction of sp³-hybridized carbons (Fsp3) is 0.154. The third kappa shape index (κ3) is 2.70. The van der Waals surface area contributed by atoms with Gasteiger partial charge in [-0.2, -0.15) is 0 Å². The molecular formula is C13H13N3O3S2. The Hall–Kier alpha value is -1.74. The van der Waals surface area contributed by atoms with Crippen LogP contribution in [0.1, 0.15) is 10.6 Å². The Balaban J connectivity index is 2.01. The Labute approximate surface area is 125 Å². The first kappa shape index (κ1) is 14.2. The summed E-state index contributed by atoms with van der Waals surface area (Å²) in [6.07, 6.45) is 3.05. The van der Waals surface area contributed by atoms with Gasteiger partial charge in [-0.05, 0) is 6.07 Å². The monoisotopic (exact) mass is 323 g/mol. The second-order valence-electron chi connectivity index (χ2n) is 4.41. The quantitative estimate of drug-likeness (QED) is 0.664. The van der Waals surface area contributed by atoms with Crippen LogP contribution in [0.5, 0.6) is 0 Å². The first-order valence-corrected chi connectivity index (χ1v) is 8.50. The van der Waals surface area contributed by atoms with Gasteiger partial charge in [0.2, 0.25) is 10.0 Å². The highest BCUT2D eigenvalue weighted by atomic mass is 32.2. The van der Waals surface area contributed by atoms with Crippen molar-refractivity contribution in [2.45, 2.75) is 18.0 Å². The average molecular weight is 323 g/mol. The van der Waals surface area contributed by atoms with Crippen molar-refractivity contribution in [3.8, 4) is 0 Å². The summed E-state index contributed by atoms with van der Waals surface area (Å²) in [7, 11) is -3.71. The third-order valence-electron chi connectivity index (χ3n) is 3.04. The number of aromatic nitrogens is 2. The van der Waals surface area contributed by atoms with Crippen molar-refractivity contribution in [1.29, 1.82) is 0 Å². The Morgan fingerprint density at radius 1 is 1.33 bits per heavy atom. The highest BCUT2D eigenvalue weighted by Crippen LogP contribution is 2.34. The number of sulfonamides is 1. The number of nitrogens with one attached hydrogen (secondary N) is 2. The van der Waals surface area contributed by atoms with Gasteiger partial charge in [0, 0.05) is 22.0 Å². The second kappa shape index (κ2) is 5.57. The van der Waals surface area contributed by atoms with Gasteiger partial charge in [0.1, 0.15) is 4.90 Å². The first-order valence-electron chi connectivity index (χ1n) is 6.20. The summed E-state index contributed by atoms with van der Waals surface area (Å²) in [6, 6.07) is 7.21. The van der Waals surface area contributed by atoms with Crippen molar-refractivity contribution in [3.63, 3.8) is 0 Å². The molecule has 0 atom stereocenters. The third-order valence-corrected chi connectivity index (χ3v) is 5.85. The lowest BCUT2D eigenvalue weighted by Crippen LogP contribution is -2.24. The lowest BCUT2D eigenvalue weighted by molar-refractivity contribution is 0.283. The molecule has 3 aromatic rings. The van der Waals surface area contributed by atoms with Gasteiger partial charge in [-0.15, -0.1) is 11.3 Å². The first-order chi connectivity index (χ1) is 10.1. The molecule has 2 heterocycles. The number of H-pyrrole nitrogens is 1. The topological polar surface area (TPSA) is 95.1 Å². The van der Waals surface area contributed by atoms with Gasteiger partial charge in [0.25, 0.3) is 0 Å². The van der Waals surface area contributed by atoms with Gasteiger partial charge in [-0.1, -0.05) is 18.2 Å². The number of rotatable bonds is 5. The molecule has 0 aliphatic heterocycles. The van der Waals surface area contributed by atoms with Crippen molar-refractivity contribution < 1.29 is 13.5 Å². The maximum Gasteiger partial charge on any atom is 0.242 e. The van der Waals surface area contributed by atoms with E-state index in [9.17, 15) is 13.5 Å². The molecule has 0 aliphatic carbocycles. The molecule has 3 rings (SSSR count). The lowest BCUT2D eigenvalue weighted by Gasteiger charge is -2.06. The standard InChI is InChI=1S/C13H13N3O3S2/c17-7-12-13(10-3-1-2-4-11(10)20-12)21(18,19)16-6-9-5-14-8-15-9/h1-5,8,16-17H,6-7H2,(H,14,15). The summed E-state index contributed by atoms with van der Waals surface area (Å²) < 4.78 is 28.4. The van der Waals surface area contributed by atoms with Crippen LogP contribution in [0.15, 0.2) is 41.7 Å². The van der Waals surface area contributed by atoms with Gasteiger partial charge in [0.05, 0.1) is 24.4 Å². The normalized spacial score (nSPS) is 12.0. The van der Waals surface area contributed by atoms with Crippen LogP contribution >= 0.6 is 11.3 Å². The van der Waals surface area contributed by atoms with E-state index in [2.05, 4.69) is 14.7 Å². The van der Waals surface area contributed by atoms with E-state index < -0.39 is 10.0 Å². The molecule has 0 fully saturated rings. The zero-order chi connectivity index (χ0) is 14.9. The average Bonchev–Trinajstić information content (AvgIpc) is 3.12. The van der Waals surface area contributed by atoms with Crippen LogP contribution in [0, 0.1) is 0 Å². The van der Waals surface area contributed by atoms with E-state index in [4.69, 9.17) is 0 Å². The van der Waals surface area contributed by atoms with Crippen LogP contribution < -0.4 is 4.72 Å². The van der Waals surface area contributed by atoms with Crippen LogP contribution in [-0.2, 0) is 23.2 Å². The smallest absolute Gasteiger partial charge is 0.242 e. The second-order valence-corrected chi connectivity index (χ2v) is 7.25. The Kier molecular flexibility index (Phi) is 3.77. The molecule has 0 unspecified atom stereocenters. The molecular weight excluding hydrogens is 310 g/mol. The Morgan fingerprint density at radius 3 is 2.86 bits per heavy atom. The van der Waals surface area contributed by atoms with E-state index in [1.54, 1.807) is 18.3 Å². The van der Waals surface area contributed by atoms with Gasteiger partial charge in [-0.25, -0.2) is 18.1 Å². The molecule has 1 aromatic carbocycles. The minimum Gasteiger partial charge on any atom is -0.391 e. The van der Waals surface area contributed by atoms with Gasteiger partial charge >= 0.3 is 0 Å². The van der Waals surface area contributed by atoms with E-state index in [0.717, 1.165) is 4.70 Å². The van der Waals surface area contributed by atoms with E-state index in [-0.39, 0.29) is 18.0 Å². The summed E-state index contributed by atoms with van der Waals surface area (Å²) in [4.78, 5) is 7.27. The largest absolute Gasteiger partial charge is 0.391 e. The number of thiophene rings is 1.